The SMILES string of the molecule is N=C(ON)c1cc[nH]c(=O)c1. The van der Waals surface area contributed by atoms with Crippen molar-refractivity contribution in [2.24, 2.45) is 5.90 Å². The third-order valence-electron chi connectivity index (χ3n) is 1.16. The molecule has 1 heterocycles. The lowest BCUT2D eigenvalue weighted by atomic mass is 10.3. The fraction of sp³-hybridized carbons (Fsp3) is 0. The number of nitrogens with two attached hydrogens (primary N) is 1. The van der Waals surface area contributed by atoms with E-state index in [1.165, 1.54) is 18.3 Å². The van der Waals surface area contributed by atoms with Gasteiger partial charge in [0.05, 0.1) is 0 Å². The number of hydrogen-bond donors (Lipinski definition) is 3. The first kappa shape index (κ1) is 7.49. The maximum Gasteiger partial charge on any atom is 0.248 e. The van der Waals surface area contributed by atoms with Gasteiger partial charge in [0.15, 0.2) is 0 Å². The van der Waals surface area contributed by atoms with Gasteiger partial charge < -0.3 is 9.82 Å². The number of pyridine rings is 1. The summed E-state index contributed by atoms with van der Waals surface area (Å²) < 4.78 is 0. The van der Waals surface area contributed by atoms with Crippen LogP contribution in [0.2, 0.25) is 0 Å². The highest BCUT2D eigenvalue weighted by Gasteiger charge is 1.99. The van der Waals surface area contributed by atoms with Crippen LogP contribution in [0.5, 0.6) is 0 Å². The van der Waals surface area contributed by atoms with Crippen molar-refractivity contribution in [2.75, 3.05) is 0 Å². The van der Waals surface area contributed by atoms with Gasteiger partial charge in [0, 0.05) is 17.8 Å². The smallest absolute Gasteiger partial charge is 0.248 e. The fourth-order valence-corrected chi connectivity index (χ4v) is 0.654. The number of aromatic amines is 1. The molecule has 0 unspecified atom stereocenters. The lowest BCUT2D eigenvalue weighted by Gasteiger charge is -1.97. The van der Waals surface area contributed by atoms with Gasteiger partial charge in [0.1, 0.15) is 0 Å². The number of nitrogens with one attached hydrogen (secondary N) is 2. The van der Waals surface area contributed by atoms with Crippen LogP contribution in [-0.2, 0) is 4.84 Å². The summed E-state index contributed by atoms with van der Waals surface area (Å²) >= 11 is 0. The number of hydrogen-bond acceptors (Lipinski definition) is 4. The lowest BCUT2D eigenvalue weighted by Crippen LogP contribution is -2.13. The molecule has 0 spiro atoms. The molecule has 0 saturated heterocycles. The lowest BCUT2D eigenvalue weighted by molar-refractivity contribution is 0.319. The van der Waals surface area contributed by atoms with Crippen molar-refractivity contribution in [1.82, 2.24) is 4.98 Å². The van der Waals surface area contributed by atoms with Gasteiger partial charge in [-0.3, -0.25) is 10.2 Å². The topological polar surface area (TPSA) is 92.0 Å². The molecule has 11 heavy (non-hydrogen) atoms. The molecule has 1 rings (SSSR count). The highest BCUT2D eigenvalue weighted by Crippen LogP contribution is 1.92. The van der Waals surface area contributed by atoms with Crippen LogP contribution in [0.4, 0.5) is 0 Å². The van der Waals surface area contributed by atoms with E-state index >= 15 is 0 Å². The normalized spacial score (nSPS) is 9.18. The van der Waals surface area contributed by atoms with E-state index in [1.54, 1.807) is 0 Å². The largest absolute Gasteiger partial charge is 0.391 e. The number of rotatable bonds is 1. The maximum absolute atomic E-state index is 10.7. The van der Waals surface area contributed by atoms with E-state index in [0.717, 1.165) is 0 Å². The summed E-state index contributed by atoms with van der Waals surface area (Å²) in [6.07, 6.45) is 1.42. The second-order valence-corrected chi connectivity index (χ2v) is 1.89. The fourth-order valence-electron chi connectivity index (χ4n) is 0.654. The molecule has 5 nitrogen and oxygen atoms in total. The van der Waals surface area contributed by atoms with Gasteiger partial charge in [-0.2, -0.15) is 5.90 Å². The number of H-pyrrole nitrogens is 1. The standard InChI is InChI=1S/C6H7N3O2/c7-6(11-8)4-1-2-9-5(10)3-4/h1-3,7H,8H2,(H,9,10). The molecule has 0 radical (unpaired) electrons. The van der Waals surface area contributed by atoms with Crippen LogP contribution in [0.1, 0.15) is 5.56 Å². The van der Waals surface area contributed by atoms with Crippen LogP contribution in [0.3, 0.4) is 0 Å². The molecule has 58 valence electrons. The van der Waals surface area contributed by atoms with E-state index in [-0.39, 0.29) is 11.5 Å². The predicted octanol–water partition coefficient (Wildman–Crippen LogP) is -0.409. The summed E-state index contributed by atoms with van der Waals surface area (Å²) in [5, 5.41) is 7.08. The molecule has 0 saturated carbocycles. The second-order valence-electron chi connectivity index (χ2n) is 1.89. The molecule has 0 aliphatic carbocycles. The Bertz CT molecular complexity index is 318. The first-order valence-corrected chi connectivity index (χ1v) is 2.88. The van der Waals surface area contributed by atoms with Crippen molar-refractivity contribution in [3.63, 3.8) is 0 Å². The van der Waals surface area contributed by atoms with E-state index in [0.29, 0.717) is 5.56 Å². The highest BCUT2D eigenvalue weighted by atomic mass is 16.6. The van der Waals surface area contributed by atoms with Gasteiger partial charge in [-0.05, 0) is 6.07 Å². The Balaban J connectivity index is 3.05. The Morgan fingerprint density at radius 2 is 2.45 bits per heavy atom. The van der Waals surface area contributed by atoms with Crippen LogP contribution >= 0.6 is 0 Å². The van der Waals surface area contributed by atoms with Gasteiger partial charge in [0.2, 0.25) is 11.5 Å². The summed E-state index contributed by atoms with van der Waals surface area (Å²) in [6.45, 7) is 0. The summed E-state index contributed by atoms with van der Waals surface area (Å²) in [5.41, 5.74) is 0.0700. The predicted molar refractivity (Wildman–Crippen MR) is 39.2 cm³/mol. The maximum atomic E-state index is 10.7. The Morgan fingerprint density at radius 1 is 1.73 bits per heavy atom. The van der Waals surface area contributed by atoms with Crippen molar-refractivity contribution in [2.45, 2.75) is 0 Å². The quantitative estimate of drug-likeness (QED) is 0.291. The van der Waals surface area contributed by atoms with E-state index in [9.17, 15) is 4.79 Å². The van der Waals surface area contributed by atoms with Gasteiger partial charge >= 0.3 is 0 Å². The van der Waals surface area contributed by atoms with E-state index in [4.69, 9.17) is 11.3 Å². The monoisotopic (exact) mass is 153 g/mol. The van der Waals surface area contributed by atoms with Crippen molar-refractivity contribution >= 4 is 5.90 Å². The molecular weight excluding hydrogens is 146 g/mol. The molecule has 4 N–H and O–H groups in total. The Kier molecular flexibility index (Phi) is 2.03. The molecule has 1 aromatic heterocycles. The van der Waals surface area contributed by atoms with E-state index in [1.807, 2.05) is 0 Å². The molecule has 5 heteroatoms. The van der Waals surface area contributed by atoms with Gasteiger partial charge in [-0.15, -0.1) is 0 Å². The molecule has 0 bridgehead atoms. The Labute approximate surface area is 62.3 Å². The average Bonchev–Trinajstić information content (AvgIpc) is 2.03. The summed E-state index contributed by atoms with van der Waals surface area (Å²) in [5.74, 6) is 4.49. The molecule has 0 amide bonds. The molecule has 0 aromatic carbocycles. The van der Waals surface area contributed by atoms with Crippen molar-refractivity contribution in [1.29, 1.82) is 5.41 Å². The zero-order valence-electron chi connectivity index (χ0n) is 5.63. The van der Waals surface area contributed by atoms with Crippen molar-refractivity contribution in [3.05, 3.63) is 34.2 Å². The first-order valence-electron chi connectivity index (χ1n) is 2.88. The molecular formula is C6H7N3O2. The zero-order valence-corrected chi connectivity index (χ0v) is 5.63. The second kappa shape index (κ2) is 2.98. The van der Waals surface area contributed by atoms with Gasteiger partial charge in [-0.25, -0.2) is 0 Å². The summed E-state index contributed by atoms with van der Waals surface area (Å²) in [7, 11) is 0. The zero-order chi connectivity index (χ0) is 8.27. The highest BCUT2D eigenvalue weighted by molar-refractivity contribution is 5.90. The summed E-state index contributed by atoms with van der Waals surface area (Å²) in [6, 6.07) is 2.76. The number of aromatic nitrogens is 1. The molecule has 0 fully saturated rings. The van der Waals surface area contributed by atoms with Gasteiger partial charge in [-0.1, -0.05) is 0 Å². The van der Waals surface area contributed by atoms with Crippen LogP contribution in [0.25, 0.3) is 0 Å². The van der Waals surface area contributed by atoms with Crippen LogP contribution in [0.15, 0.2) is 23.1 Å². The molecule has 0 aliphatic heterocycles. The van der Waals surface area contributed by atoms with Crippen LogP contribution < -0.4 is 11.5 Å². The first-order chi connectivity index (χ1) is 5.24. The minimum absolute atomic E-state index is 0.226. The van der Waals surface area contributed by atoms with Crippen molar-refractivity contribution in [3.8, 4) is 0 Å². The Morgan fingerprint density at radius 3 is 3.00 bits per heavy atom. The van der Waals surface area contributed by atoms with E-state index in [2.05, 4.69) is 9.82 Å². The van der Waals surface area contributed by atoms with Gasteiger partial charge in [0.25, 0.3) is 0 Å². The molecule has 1 aromatic rings. The van der Waals surface area contributed by atoms with Crippen LogP contribution in [-0.4, -0.2) is 10.9 Å². The minimum atomic E-state index is -0.288. The third-order valence-corrected chi connectivity index (χ3v) is 1.16. The minimum Gasteiger partial charge on any atom is -0.391 e. The molecule has 0 aliphatic rings. The van der Waals surface area contributed by atoms with Crippen LogP contribution in [0, 0.1) is 5.41 Å². The molecule has 0 atom stereocenters. The average molecular weight is 153 g/mol. The van der Waals surface area contributed by atoms with E-state index < -0.39 is 0 Å². The third kappa shape index (κ3) is 1.65. The summed E-state index contributed by atoms with van der Waals surface area (Å²) in [4.78, 5) is 17.2. The van der Waals surface area contributed by atoms with Crippen molar-refractivity contribution < 1.29 is 4.84 Å². The Hall–Kier alpha value is -1.62.